The lowest BCUT2D eigenvalue weighted by Gasteiger charge is -2.37. The fourth-order valence-corrected chi connectivity index (χ4v) is 3.81. The van der Waals surface area contributed by atoms with E-state index in [-0.39, 0.29) is 22.9 Å². The summed E-state index contributed by atoms with van der Waals surface area (Å²) in [4.78, 5) is 28.9. The van der Waals surface area contributed by atoms with Gasteiger partial charge in [0.2, 0.25) is 5.91 Å². The first-order chi connectivity index (χ1) is 18.2. The third-order valence-corrected chi connectivity index (χ3v) is 6.31. The average molecular weight is 571 g/mol. The number of pyridine rings is 1. The van der Waals surface area contributed by atoms with Gasteiger partial charge >= 0.3 is 6.09 Å². The number of halogens is 5. The van der Waals surface area contributed by atoms with Crippen molar-refractivity contribution in [2.75, 3.05) is 11.9 Å². The van der Waals surface area contributed by atoms with E-state index in [0.29, 0.717) is 10.8 Å². The standard InChI is InChI=1S/C26H27ClF4N4O4/c1-15(36)35(33-13-17-5-4-6-21(29)23(17)27)20(11-26(30,31)25(2,3)38)14-39-24(37)34-22-10-18-9-19(28)8-7-16(18)12-32-22/h4-10,12,20,33,38H,11,13-14H2,1-3H3,(H,32,34,37)/t20-/m0/s1. The molecular formula is C26H27ClF4N4O4. The summed E-state index contributed by atoms with van der Waals surface area (Å²) in [7, 11) is 0. The number of rotatable bonds is 10. The lowest BCUT2D eigenvalue weighted by atomic mass is 9.94. The Morgan fingerprint density at radius 1 is 1.15 bits per heavy atom. The molecule has 1 heterocycles. The second kappa shape index (κ2) is 12.1. The van der Waals surface area contributed by atoms with Crippen LogP contribution in [0.2, 0.25) is 5.02 Å². The second-order valence-electron chi connectivity index (χ2n) is 9.34. The van der Waals surface area contributed by atoms with Crippen LogP contribution in [0.3, 0.4) is 0 Å². The number of carbonyl (C=O) groups is 2. The van der Waals surface area contributed by atoms with E-state index in [9.17, 15) is 32.3 Å². The highest BCUT2D eigenvalue weighted by Gasteiger charge is 2.48. The largest absolute Gasteiger partial charge is 0.447 e. The number of amides is 2. The Morgan fingerprint density at radius 3 is 2.54 bits per heavy atom. The molecule has 3 N–H and O–H groups in total. The number of hydrazine groups is 1. The topological polar surface area (TPSA) is 104 Å². The van der Waals surface area contributed by atoms with Crippen molar-refractivity contribution in [2.24, 2.45) is 0 Å². The third kappa shape index (κ3) is 7.78. The van der Waals surface area contributed by atoms with E-state index in [0.717, 1.165) is 31.8 Å². The van der Waals surface area contributed by atoms with Gasteiger partial charge in [0.25, 0.3) is 5.92 Å². The van der Waals surface area contributed by atoms with Crippen molar-refractivity contribution in [3.8, 4) is 0 Å². The van der Waals surface area contributed by atoms with E-state index in [2.05, 4.69) is 15.7 Å². The lowest BCUT2D eigenvalue weighted by Crippen LogP contribution is -2.55. The maximum Gasteiger partial charge on any atom is 0.412 e. The Bertz CT molecular complexity index is 1350. The first-order valence-corrected chi connectivity index (χ1v) is 12.1. The van der Waals surface area contributed by atoms with Crippen molar-refractivity contribution in [3.63, 3.8) is 0 Å². The minimum absolute atomic E-state index is 0.0127. The molecule has 0 fully saturated rings. The molecule has 0 spiro atoms. The number of aliphatic hydroxyl groups is 1. The highest BCUT2D eigenvalue weighted by Crippen LogP contribution is 2.34. The van der Waals surface area contributed by atoms with Gasteiger partial charge in [0, 0.05) is 31.5 Å². The number of nitrogens with zero attached hydrogens (tertiary/aromatic N) is 2. The van der Waals surface area contributed by atoms with Gasteiger partial charge in [-0.25, -0.2) is 32.8 Å². The number of carbonyl (C=O) groups excluding carboxylic acids is 2. The fourth-order valence-electron chi connectivity index (χ4n) is 3.62. The van der Waals surface area contributed by atoms with Gasteiger partial charge in [0.15, 0.2) is 0 Å². The van der Waals surface area contributed by atoms with E-state index in [1.54, 1.807) is 0 Å². The van der Waals surface area contributed by atoms with Crippen LogP contribution in [0.5, 0.6) is 0 Å². The normalized spacial score (nSPS) is 12.7. The van der Waals surface area contributed by atoms with Crippen LogP contribution in [0.1, 0.15) is 32.8 Å². The van der Waals surface area contributed by atoms with Gasteiger partial charge in [0.05, 0.1) is 11.1 Å². The molecule has 0 saturated carbocycles. The van der Waals surface area contributed by atoms with Crippen molar-refractivity contribution in [1.29, 1.82) is 0 Å². The second-order valence-corrected chi connectivity index (χ2v) is 9.72. The number of anilines is 1. The number of aromatic nitrogens is 1. The van der Waals surface area contributed by atoms with E-state index >= 15 is 0 Å². The smallest absolute Gasteiger partial charge is 0.412 e. The molecule has 3 aromatic rings. The maximum atomic E-state index is 14.9. The van der Waals surface area contributed by atoms with E-state index in [1.165, 1.54) is 42.6 Å². The number of fused-ring (bicyclic) bond motifs is 1. The fraction of sp³-hybridized carbons (Fsp3) is 0.346. The molecule has 0 radical (unpaired) electrons. The van der Waals surface area contributed by atoms with Crippen molar-refractivity contribution in [2.45, 2.75) is 51.3 Å². The molecule has 0 bridgehead atoms. The number of ether oxygens (including phenoxy) is 1. The summed E-state index contributed by atoms with van der Waals surface area (Å²) in [6, 6.07) is 7.92. The van der Waals surface area contributed by atoms with Gasteiger partial charge in [0.1, 0.15) is 29.7 Å². The first kappa shape index (κ1) is 30.1. The molecule has 8 nitrogen and oxygen atoms in total. The number of hydrogen-bond acceptors (Lipinski definition) is 6. The highest BCUT2D eigenvalue weighted by atomic mass is 35.5. The van der Waals surface area contributed by atoms with E-state index in [4.69, 9.17) is 16.3 Å². The molecule has 39 heavy (non-hydrogen) atoms. The third-order valence-electron chi connectivity index (χ3n) is 5.88. The van der Waals surface area contributed by atoms with Crippen LogP contribution in [-0.2, 0) is 16.1 Å². The van der Waals surface area contributed by atoms with Gasteiger partial charge in [-0.3, -0.25) is 15.1 Å². The zero-order chi connectivity index (χ0) is 29.0. The number of alkyl halides is 2. The van der Waals surface area contributed by atoms with Crippen LogP contribution < -0.4 is 10.7 Å². The number of nitrogens with one attached hydrogen (secondary N) is 2. The minimum Gasteiger partial charge on any atom is -0.447 e. The number of benzene rings is 2. The van der Waals surface area contributed by atoms with Crippen LogP contribution in [0, 0.1) is 11.6 Å². The zero-order valence-corrected chi connectivity index (χ0v) is 22.0. The molecule has 210 valence electrons. The summed E-state index contributed by atoms with van der Waals surface area (Å²) in [5.74, 6) is -5.62. The van der Waals surface area contributed by atoms with Gasteiger partial charge in [-0.05, 0) is 55.1 Å². The Labute approximate surface area is 226 Å². The molecular weight excluding hydrogens is 544 g/mol. The average Bonchev–Trinajstić information content (AvgIpc) is 2.83. The molecule has 2 amide bonds. The van der Waals surface area contributed by atoms with Crippen LogP contribution in [0.4, 0.5) is 28.2 Å². The molecule has 0 aliphatic heterocycles. The van der Waals surface area contributed by atoms with Crippen molar-refractivity contribution >= 4 is 40.2 Å². The summed E-state index contributed by atoms with van der Waals surface area (Å²) in [5, 5.41) is 14.0. The lowest BCUT2D eigenvalue weighted by molar-refractivity contribution is -0.180. The Morgan fingerprint density at radius 2 is 1.87 bits per heavy atom. The predicted octanol–water partition coefficient (Wildman–Crippen LogP) is 5.43. The van der Waals surface area contributed by atoms with Gasteiger partial charge < -0.3 is 9.84 Å². The van der Waals surface area contributed by atoms with Crippen LogP contribution in [0.25, 0.3) is 10.8 Å². The molecule has 0 aliphatic carbocycles. The monoisotopic (exact) mass is 570 g/mol. The summed E-state index contributed by atoms with van der Waals surface area (Å²) in [6.45, 7) is 1.97. The zero-order valence-electron chi connectivity index (χ0n) is 21.3. The first-order valence-electron chi connectivity index (χ1n) is 11.7. The molecule has 1 atom stereocenters. The maximum absolute atomic E-state index is 14.9. The molecule has 3 rings (SSSR count). The molecule has 0 saturated heterocycles. The highest BCUT2D eigenvalue weighted by molar-refractivity contribution is 6.31. The van der Waals surface area contributed by atoms with Crippen LogP contribution in [0.15, 0.2) is 48.7 Å². The van der Waals surface area contributed by atoms with Crippen LogP contribution >= 0.6 is 11.6 Å². The summed E-state index contributed by atoms with van der Waals surface area (Å²) in [5.41, 5.74) is 0.412. The Kier molecular flexibility index (Phi) is 9.36. The van der Waals surface area contributed by atoms with Crippen molar-refractivity contribution < 1.29 is 37.0 Å². The van der Waals surface area contributed by atoms with Gasteiger partial charge in [-0.2, -0.15) is 0 Å². The summed E-state index contributed by atoms with van der Waals surface area (Å²) in [6.07, 6.45) is -0.775. The predicted molar refractivity (Wildman–Crippen MR) is 137 cm³/mol. The van der Waals surface area contributed by atoms with E-state index < -0.39 is 54.2 Å². The quantitative estimate of drug-likeness (QED) is 0.222. The molecule has 0 unspecified atom stereocenters. The van der Waals surface area contributed by atoms with E-state index in [1.807, 2.05) is 0 Å². The van der Waals surface area contributed by atoms with Crippen molar-refractivity contribution in [1.82, 2.24) is 15.4 Å². The molecule has 2 aromatic carbocycles. The molecule has 0 aliphatic rings. The minimum atomic E-state index is -3.71. The Hall–Kier alpha value is -3.48. The van der Waals surface area contributed by atoms with Gasteiger partial charge in [-0.15, -0.1) is 0 Å². The molecule has 1 aromatic heterocycles. The number of hydrogen-bond donors (Lipinski definition) is 3. The van der Waals surface area contributed by atoms with Crippen molar-refractivity contribution in [3.05, 3.63) is 70.9 Å². The van der Waals surface area contributed by atoms with Gasteiger partial charge in [-0.1, -0.05) is 23.7 Å². The Balaban J connectivity index is 1.77. The molecule has 13 heteroatoms. The SMILES string of the molecule is CC(=O)N(NCc1cccc(F)c1Cl)[C@H](COC(=O)Nc1cc2cc(F)ccc2cn1)CC(F)(F)C(C)(C)O. The summed E-state index contributed by atoms with van der Waals surface area (Å²) < 4.78 is 62.2. The summed E-state index contributed by atoms with van der Waals surface area (Å²) >= 11 is 5.95. The van der Waals surface area contributed by atoms with Crippen LogP contribution in [-0.4, -0.2) is 51.3 Å².